The third-order valence-electron chi connectivity index (χ3n) is 3.92. The Kier molecular flexibility index (Phi) is 5.53. The summed E-state index contributed by atoms with van der Waals surface area (Å²) in [5.41, 5.74) is 5.34. The molecule has 1 amide bonds. The summed E-state index contributed by atoms with van der Waals surface area (Å²) in [6.45, 7) is 0. The number of methoxy groups -OCH3 is 2. The summed E-state index contributed by atoms with van der Waals surface area (Å²) < 4.78 is 38.5. The lowest BCUT2D eigenvalue weighted by Crippen LogP contribution is -2.42. The van der Waals surface area contributed by atoms with E-state index in [0.717, 1.165) is 6.42 Å². The first kappa shape index (κ1) is 18.0. The van der Waals surface area contributed by atoms with Crippen LogP contribution in [0.4, 0.5) is 0 Å². The number of benzene rings is 1. The molecule has 3 N–H and O–H groups in total. The number of primary amides is 1. The second kappa shape index (κ2) is 7.06. The van der Waals surface area contributed by atoms with Crippen molar-refractivity contribution in [3.05, 3.63) is 16.6 Å². The molecule has 1 aliphatic carbocycles. The first-order chi connectivity index (χ1) is 10.8. The van der Waals surface area contributed by atoms with Gasteiger partial charge in [0.25, 0.3) is 0 Å². The lowest BCUT2D eigenvalue weighted by Gasteiger charge is -2.19. The number of amides is 1. The zero-order valence-electron chi connectivity index (χ0n) is 12.8. The standard InChI is InChI=1S/C14H19BrN2O5S/c1-21-11-6-9(15)13(7-12(11)22-2)23(19,20)17-10-5-3-4-8(10)14(16)18/h6-8,10,17H,3-5H2,1-2H3,(H2,16,18)/t8-,10+/m1/s1. The van der Waals surface area contributed by atoms with Gasteiger partial charge in [-0.05, 0) is 34.8 Å². The minimum absolute atomic E-state index is 0.0188. The van der Waals surface area contributed by atoms with Gasteiger partial charge in [-0.2, -0.15) is 0 Å². The molecule has 0 radical (unpaired) electrons. The van der Waals surface area contributed by atoms with E-state index in [9.17, 15) is 13.2 Å². The van der Waals surface area contributed by atoms with Crippen LogP contribution in [0, 0.1) is 5.92 Å². The molecular formula is C14H19BrN2O5S. The molecule has 0 bridgehead atoms. The van der Waals surface area contributed by atoms with Gasteiger partial charge < -0.3 is 15.2 Å². The van der Waals surface area contributed by atoms with Gasteiger partial charge in [0, 0.05) is 16.6 Å². The molecule has 2 atom stereocenters. The molecule has 0 unspecified atom stereocenters. The Bertz CT molecular complexity index is 707. The van der Waals surface area contributed by atoms with Crippen molar-refractivity contribution in [3.63, 3.8) is 0 Å². The van der Waals surface area contributed by atoms with E-state index in [0.29, 0.717) is 28.8 Å². The van der Waals surface area contributed by atoms with Crippen molar-refractivity contribution in [1.82, 2.24) is 4.72 Å². The summed E-state index contributed by atoms with van der Waals surface area (Å²) in [6, 6.07) is 2.41. The van der Waals surface area contributed by atoms with E-state index in [-0.39, 0.29) is 4.90 Å². The third-order valence-corrected chi connectivity index (χ3v) is 6.36. The Morgan fingerprint density at radius 3 is 2.43 bits per heavy atom. The molecular weight excluding hydrogens is 388 g/mol. The molecule has 7 nitrogen and oxygen atoms in total. The molecule has 0 heterocycles. The highest BCUT2D eigenvalue weighted by Crippen LogP contribution is 2.36. The first-order valence-electron chi connectivity index (χ1n) is 7.03. The van der Waals surface area contributed by atoms with Crippen molar-refractivity contribution < 1.29 is 22.7 Å². The van der Waals surface area contributed by atoms with Crippen LogP contribution in [0.2, 0.25) is 0 Å². The second-order valence-corrected chi connectivity index (χ2v) is 7.84. The molecule has 1 aromatic carbocycles. The lowest BCUT2D eigenvalue weighted by molar-refractivity contribution is -0.122. The van der Waals surface area contributed by atoms with Crippen molar-refractivity contribution in [3.8, 4) is 11.5 Å². The molecule has 9 heteroatoms. The van der Waals surface area contributed by atoms with Gasteiger partial charge in [-0.3, -0.25) is 4.79 Å². The maximum Gasteiger partial charge on any atom is 0.242 e. The Morgan fingerprint density at radius 1 is 1.26 bits per heavy atom. The summed E-state index contributed by atoms with van der Waals surface area (Å²) in [5, 5.41) is 0. The van der Waals surface area contributed by atoms with Crippen LogP contribution in [0.3, 0.4) is 0 Å². The second-order valence-electron chi connectivity index (χ2n) is 5.31. The number of nitrogens with two attached hydrogens (primary N) is 1. The van der Waals surface area contributed by atoms with Gasteiger partial charge in [-0.1, -0.05) is 6.42 Å². The number of hydrogen-bond donors (Lipinski definition) is 2. The van der Waals surface area contributed by atoms with Crippen LogP contribution in [0.5, 0.6) is 11.5 Å². The molecule has 1 aliphatic rings. The summed E-state index contributed by atoms with van der Waals surface area (Å²) >= 11 is 3.23. The van der Waals surface area contributed by atoms with E-state index < -0.39 is 27.9 Å². The quantitative estimate of drug-likeness (QED) is 0.741. The minimum Gasteiger partial charge on any atom is -0.493 e. The van der Waals surface area contributed by atoms with Crippen molar-refractivity contribution in [2.75, 3.05) is 14.2 Å². The SMILES string of the molecule is COc1cc(Br)c(S(=O)(=O)N[C@H]2CCC[C@H]2C(N)=O)cc1OC. The Labute approximate surface area is 143 Å². The van der Waals surface area contributed by atoms with Crippen molar-refractivity contribution >= 4 is 31.9 Å². The molecule has 1 aromatic rings. The number of halogens is 1. The van der Waals surface area contributed by atoms with Crippen molar-refractivity contribution in [1.29, 1.82) is 0 Å². The summed E-state index contributed by atoms with van der Waals surface area (Å²) in [4.78, 5) is 11.4. The predicted octanol–water partition coefficient (Wildman–Crippen LogP) is 1.40. The van der Waals surface area contributed by atoms with Crippen LogP contribution in [-0.4, -0.2) is 34.6 Å². The maximum atomic E-state index is 12.7. The molecule has 2 rings (SSSR count). The van der Waals surface area contributed by atoms with E-state index in [1.807, 2.05) is 0 Å². The first-order valence-corrected chi connectivity index (χ1v) is 9.31. The van der Waals surface area contributed by atoms with Crippen molar-refractivity contribution in [2.45, 2.75) is 30.2 Å². The molecule has 0 saturated heterocycles. The van der Waals surface area contributed by atoms with Crippen LogP contribution in [0.1, 0.15) is 19.3 Å². The number of sulfonamides is 1. The van der Waals surface area contributed by atoms with Crippen LogP contribution in [0.25, 0.3) is 0 Å². The molecule has 0 spiro atoms. The van der Waals surface area contributed by atoms with E-state index in [1.165, 1.54) is 26.4 Å². The average Bonchev–Trinajstić information content (AvgIpc) is 2.94. The number of ether oxygens (including phenoxy) is 2. The van der Waals surface area contributed by atoms with Gasteiger partial charge in [0.2, 0.25) is 15.9 Å². The van der Waals surface area contributed by atoms with E-state index >= 15 is 0 Å². The van der Waals surface area contributed by atoms with Crippen LogP contribution < -0.4 is 19.9 Å². The number of carbonyl (C=O) groups excluding carboxylic acids is 1. The molecule has 1 fully saturated rings. The Morgan fingerprint density at radius 2 is 1.87 bits per heavy atom. The maximum absolute atomic E-state index is 12.7. The highest BCUT2D eigenvalue weighted by Gasteiger charge is 2.35. The number of rotatable bonds is 6. The minimum atomic E-state index is -3.84. The zero-order chi connectivity index (χ0) is 17.2. The highest BCUT2D eigenvalue weighted by molar-refractivity contribution is 9.10. The fourth-order valence-electron chi connectivity index (χ4n) is 2.75. The molecule has 23 heavy (non-hydrogen) atoms. The highest BCUT2D eigenvalue weighted by atomic mass is 79.9. The Hall–Kier alpha value is -1.32. The number of nitrogens with one attached hydrogen (secondary N) is 1. The topological polar surface area (TPSA) is 108 Å². The monoisotopic (exact) mass is 406 g/mol. The van der Waals surface area contributed by atoms with Crippen LogP contribution in [-0.2, 0) is 14.8 Å². The lowest BCUT2D eigenvalue weighted by atomic mass is 10.0. The summed E-state index contributed by atoms with van der Waals surface area (Å²) in [7, 11) is -0.947. The van der Waals surface area contributed by atoms with E-state index in [4.69, 9.17) is 15.2 Å². The predicted molar refractivity (Wildman–Crippen MR) is 87.9 cm³/mol. The molecule has 128 valence electrons. The smallest absolute Gasteiger partial charge is 0.242 e. The van der Waals surface area contributed by atoms with Crippen LogP contribution >= 0.6 is 15.9 Å². The zero-order valence-corrected chi connectivity index (χ0v) is 15.2. The fraction of sp³-hybridized carbons (Fsp3) is 0.500. The van der Waals surface area contributed by atoms with E-state index in [2.05, 4.69) is 20.7 Å². The summed E-state index contributed by atoms with van der Waals surface area (Å²) in [5.74, 6) is -0.256. The fourth-order valence-corrected chi connectivity index (χ4v) is 5.09. The number of carbonyl (C=O) groups is 1. The van der Waals surface area contributed by atoms with Crippen LogP contribution in [0.15, 0.2) is 21.5 Å². The van der Waals surface area contributed by atoms with Gasteiger partial charge in [0.15, 0.2) is 11.5 Å². The Balaban J connectivity index is 2.34. The van der Waals surface area contributed by atoms with Gasteiger partial charge in [0.05, 0.1) is 20.1 Å². The third kappa shape index (κ3) is 3.78. The number of hydrogen-bond acceptors (Lipinski definition) is 5. The van der Waals surface area contributed by atoms with Gasteiger partial charge in [-0.15, -0.1) is 0 Å². The molecule has 1 saturated carbocycles. The van der Waals surface area contributed by atoms with Gasteiger partial charge in [-0.25, -0.2) is 13.1 Å². The van der Waals surface area contributed by atoms with Gasteiger partial charge in [0.1, 0.15) is 4.90 Å². The van der Waals surface area contributed by atoms with Crippen molar-refractivity contribution in [2.24, 2.45) is 11.7 Å². The molecule has 0 aliphatic heterocycles. The largest absolute Gasteiger partial charge is 0.493 e. The normalized spacial score (nSPS) is 21.2. The molecule has 0 aromatic heterocycles. The van der Waals surface area contributed by atoms with E-state index in [1.54, 1.807) is 0 Å². The average molecular weight is 407 g/mol. The van der Waals surface area contributed by atoms with Gasteiger partial charge >= 0.3 is 0 Å². The summed E-state index contributed by atoms with van der Waals surface area (Å²) in [6.07, 6.45) is 1.93.